The second kappa shape index (κ2) is 5.26. The third-order valence-electron chi connectivity index (χ3n) is 1.44. The van der Waals surface area contributed by atoms with E-state index in [4.69, 9.17) is 0 Å². The van der Waals surface area contributed by atoms with E-state index in [1.54, 1.807) is 0 Å². The van der Waals surface area contributed by atoms with E-state index in [0.29, 0.717) is 6.61 Å². The lowest BCUT2D eigenvalue weighted by Gasteiger charge is -1.99. The molecular formula is C8H10N2O2. The first-order valence-electron chi connectivity index (χ1n) is 3.66. The van der Waals surface area contributed by atoms with Gasteiger partial charge in [-0.2, -0.15) is 0 Å². The second-order valence-corrected chi connectivity index (χ2v) is 2.27. The molecule has 0 heterocycles. The summed E-state index contributed by atoms with van der Waals surface area (Å²) < 4.78 is 0. The Labute approximate surface area is 70.4 Å². The van der Waals surface area contributed by atoms with Gasteiger partial charge in [0.15, 0.2) is 0 Å². The van der Waals surface area contributed by atoms with Crippen LogP contribution >= 0.6 is 0 Å². The van der Waals surface area contributed by atoms with Gasteiger partial charge in [-0.05, 0) is 12.0 Å². The molecule has 1 rings (SSSR count). The van der Waals surface area contributed by atoms with Gasteiger partial charge in [-0.1, -0.05) is 30.3 Å². The van der Waals surface area contributed by atoms with Crippen LogP contribution in [0.5, 0.6) is 0 Å². The molecule has 0 aromatic heterocycles. The van der Waals surface area contributed by atoms with Gasteiger partial charge < -0.3 is 0 Å². The molecule has 0 atom stereocenters. The number of rotatable bonds is 5. The van der Waals surface area contributed by atoms with Crippen molar-refractivity contribution < 1.29 is 4.84 Å². The molecular weight excluding hydrogens is 156 g/mol. The first kappa shape index (κ1) is 8.67. The molecule has 0 saturated heterocycles. The molecule has 0 spiro atoms. The highest BCUT2D eigenvalue weighted by molar-refractivity contribution is 5.14. The van der Waals surface area contributed by atoms with E-state index < -0.39 is 0 Å². The Morgan fingerprint density at radius 3 is 2.75 bits per heavy atom. The summed E-state index contributed by atoms with van der Waals surface area (Å²) in [5.41, 5.74) is 3.06. The normalized spacial score (nSPS) is 9.33. The van der Waals surface area contributed by atoms with Gasteiger partial charge in [-0.15, -0.1) is 10.5 Å². The van der Waals surface area contributed by atoms with Crippen LogP contribution in [0.4, 0.5) is 0 Å². The minimum absolute atomic E-state index is 0.440. The van der Waals surface area contributed by atoms with Crippen molar-refractivity contribution in [1.82, 2.24) is 5.59 Å². The molecule has 4 heteroatoms. The highest BCUT2D eigenvalue weighted by Gasteiger charge is 1.90. The van der Waals surface area contributed by atoms with Crippen LogP contribution in [-0.4, -0.2) is 6.61 Å². The van der Waals surface area contributed by atoms with Crippen molar-refractivity contribution in [3.63, 3.8) is 0 Å². The number of nitrogens with one attached hydrogen (secondary N) is 1. The number of nitroso groups, excluding NO2 is 1. The van der Waals surface area contributed by atoms with Gasteiger partial charge in [0.05, 0.1) is 11.9 Å². The smallest absolute Gasteiger partial charge is 0.0806 e. The van der Waals surface area contributed by atoms with Crippen LogP contribution in [0.1, 0.15) is 5.56 Å². The minimum atomic E-state index is 0.440. The van der Waals surface area contributed by atoms with Crippen LogP contribution < -0.4 is 5.59 Å². The molecule has 0 bridgehead atoms. The third-order valence-corrected chi connectivity index (χ3v) is 1.44. The number of hydrogen-bond acceptors (Lipinski definition) is 3. The Morgan fingerprint density at radius 1 is 1.33 bits per heavy atom. The molecule has 0 fully saturated rings. The number of benzene rings is 1. The molecule has 0 saturated carbocycles. The van der Waals surface area contributed by atoms with Crippen LogP contribution in [0.3, 0.4) is 0 Å². The fourth-order valence-electron chi connectivity index (χ4n) is 0.886. The molecule has 0 unspecified atom stereocenters. The van der Waals surface area contributed by atoms with Gasteiger partial charge in [0.2, 0.25) is 0 Å². The van der Waals surface area contributed by atoms with Gasteiger partial charge in [-0.3, -0.25) is 4.84 Å². The van der Waals surface area contributed by atoms with E-state index in [1.165, 1.54) is 5.56 Å². The van der Waals surface area contributed by atoms with Crippen molar-refractivity contribution in [2.24, 2.45) is 5.29 Å². The average molecular weight is 166 g/mol. The SMILES string of the molecule is O=NNOCCc1ccccc1. The monoisotopic (exact) mass is 166 g/mol. The first-order chi connectivity index (χ1) is 5.93. The van der Waals surface area contributed by atoms with Gasteiger partial charge in [-0.25, -0.2) is 0 Å². The molecule has 0 radical (unpaired) electrons. The number of hydrogen-bond donors (Lipinski definition) is 1. The average Bonchev–Trinajstić information content (AvgIpc) is 2.14. The van der Waals surface area contributed by atoms with Crippen LogP contribution in [0.2, 0.25) is 0 Å². The fourth-order valence-corrected chi connectivity index (χ4v) is 0.886. The molecule has 0 amide bonds. The Bertz CT molecular complexity index is 226. The predicted octanol–water partition coefficient (Wildman–Crippen LogP) is 1.43. The van der Waals surface area contributed by atoms with Gasteiger partial charge in [0.1, 0.15) is 0 Å². The van der Waals surface area contributed by atoms with Gasteiger partial charge >= 0.3 is 0 Å². The Kier molecular flexibility index (Phi) is 3.80. The van der Waals surface area contributed by atoms with Gasteiger partial charge in [0.25, 0.3) is 0 Å². The third kappa shape index (κ3) is 3.12. The molecule has 1 aromatic carbocycles. The van der Waals surface area contributed by atoms with E-state index in [1.807, 2.05) is 35.9 Å². The van der Waals surface area contributed by atoms with Crippen LogP contribution in [-0.2, 0) is 11.3 Å². The van der Waals surface area contributed by atoms with E-state index in [0.717, 1.165) is 6.42 Å². The Hall–Kier alpha value is -1.42. The summed E-state index contributed by atoms with van der Waals surface area (Å²) >= 11 is 0. The largest absolute Gasteiger partial charge is 0.256 e. The molecule has 0 aliphatic carbocycles. The summed E-state index contributed by atoms with van der Waals surface area (Å²) in [4.78, 5) is 14.2. The van der Waals surface area contributed by atoms with E-state index in [2.05, 4.69) is 10.1 Å². The maximum atomic E-state index is 9.53. The lowest BCUT2D eigenvalue weighted by Crippen LogP contribution is -2.08. The van der Waals surface area contributed by atoms with Crippen molar-refractivity contribution in [1.29, 1.82) is 0 Å². The zero-order chi connectivity index (χ0) is 8.65. The molecule has 1 N–H and O–H groups in total. The van der Waals surface area contributed by atoms with Crippen molar-refractivity contribution in [3.8, 4) is 0 Å². The molecule has 1 aromatic rings. The molecule has 4 nitrogen and oxygen atoms in total. The lowest BCUT2D eigenvalue weighted by molar-refractivity contribution is 0.0440. The van der Waals surface area contributed by atoms with E-state index >= 15 is 0 Å². The van der Waals surface area contributed by atoms with Crippen LogP contribution in [0.15, 0.2) is 35.6 Å². The predicted molar refractivity (Wildman–Crippen MR) is 45.0 cm³/mol. The highest BCUT2D eigenvalue weighted by Crippen LogP contribution is 1.98. The van der Waals surface area contributed by atoms with Crippen molar-refractivity contribution in [3.05, 3.63) is 40.8 Å². The minimum Gasteiger partial charge on any atom is -0.256 e. The van der Waals surface area contributed by atoms with Crippen molar-refractivity contribution >= 4 is 0 Å². The Balaban J connectivity index is 2.20. The maximum absolute atomic E-state index is 9.53. The molecule has 0 aliphatic rings. The second-order valence-electron chi connectivity index (χ2n) is 2.27. The molecule has 0 aliphatic heterocycles. The summed E-state index contributed by atoms with van der Waals surface area (Å²) in [5.74, 6) is 0. The summed E-state index contributed by atoms with van der Waals surface area (Å²) in [6.07, 6.45) is 0.767. The summed E-state index contributed by atoms with van der Waals surface area (Å²) in [6.45, 7) is 0.440. The molecule has 12 heavy (non-hydrogen) atoms. The van der Waals surface area contributed by atoms with Crippen LogP contribution in [0.25, 0.3) is 0 Å². The Morgan fingerprint density at radius 2 is 2.08 bits per heavy atom. The lowest BCUT2D eigenvalue weighted by atomic mass is 10.2. The van der Waals surface area contributed by atoms with E-state index in [-0.39, 0.29) is 0 Å². The van der Waals surface area contributed by atoms with Crippen molar-refractivity contribution in [2.45, 2.75) is 6.42 Å². The first-order valence-corrected chi connectivity index (χ1v) is 3.66. The number of nitrogens with zero attached hydrogens (tertiary/aromatic N) is 1. The summed E-state index contributed by atoms with van der Waals surface area (Å²) in [5, 5.41) is 2.34. The molecule has 64 valence electrons. The maximum Gasteiger partial charge on any atom is 0.0806 e. The quantitative estimate of drug-likeness (QED) is 0.409. The zero-order valence-electron chi connectivity index (χ0n) is 6.56. The zero-order valence-corrected chi connectivity index (χ0v) is 6.56. The standard InChI is InChI=1S/C8H10N2O2/c11-9-10-12-7-6-8-4-2-1-3-5-8/h1-5H,6-7H2,(H,10,11). The van der Waals surface area contributed by atoms with Crippen LogP contribution in [0, 0.1) is 4.91 Å². The highest BCUT2D eigenvalue weighted by atomic mass is 16.7. The van der Waals surface area contributed by atoms with E-state index in [9.17, 15) is 4.91 Å². The fraction of sp³-hybridized carbons (Fsp3) is 0.250. The topological polar surface area (TPSA) is 50.7 Å². The van der Waals surface area contributed by atoms with Crippen molar-refractivity contribution in [2.75, 3.05) is 6.61 Å². The summed E-state index contributed by atoms with van der Waals surface area (Å²) in [7, 11) is 0. The summed E-state index contributed by atoms with van der Waals surface area (Å²) in [6, 6.07) is 9.87. The van der Waals surface area contributed by atoms with Gasteiger partial charge in [0, 0.05) is 0 Å².